The SMILES string of the molecule is CN(C)c1cc(C(=O)N2CCC[C@H](C(=O)O)C2)ccn1. The molecule has 1 atom stereocenters. The molecule has 0 aromatic carbocycles. The normalized spacial score (nSPS) is 18.7. The van der Waals surface area contributed by atoms with E-state index in [0.29, 0.717) is 24.3 Å². The number of carbonyl (C=O) groups is 2. The minimum Gasteiger partial charge on any atom is -0.481 e. The number of carboxylic acids is 1. The number of carboxylic acid groups (broad SMARTS) is 1. The van der Waals surface area contributed by atoms with Crippen molar-refractivity contribution in [3.05, 3.63) is 23.9 Å². The fraction of sp³-hybridized carbons (Fsp3) is 0.500. The summed E-state index contributed by atoms with van der Waals surface area (Å²) in [7, 11) is 3.72. The fourth-order valence-electron chi connectivity index (χ4n) is 2.34. The summed E-state index contributed by atoms with van der Waals surface area (Å²) in [5.74, 6) is -0.696. The van der Waals surface area contributed by atoms with Gasteiger partial charge in [-0.05, 0) is 25.0 Å². The van der Waals surface area contributed by atoms with E-state index < -0.39 is 11.9 Å². The van der Waals surface area contributed by atoms with Gasteiger partial charge in [-0.25, -0.2) is 4.98 Å². The molecule has 108 valence electrons. The third kappa shape index (κ3) is 3.07. The van der Waals surface area contributed by atoms with Gasteiger partial charge < -0.3 is 14.9 Å². The van der Waals surface area contributed by atoms with Crippen LogP contribution in [0.15, 0.2) is 18.3 Å². The van der Waals surface area contributed by atoms with Crippen LogP contribution in [0.2, 0.25) is 0 Å². The summed E-state index contributed by atoms with van der Waals surface area (Å²) in [5, 5.41) is 9.07. The van der Waals surface area contributed by atoms with E-state index in [1.54, 1.807) is 23.2 Å². The highest BCUT2D eigenvalue weighted by molar-refractivity contribution is 5.95. The third-order valence-electron chi connectivity index (χ3n) is 3.51. The lowest BCUT2D eigenvalue weighted by molar-refractivity contribution is -0.143. The minimum atomic E-state index is -0.828. The van der Waals surface area contributed by atoms with Crippen LogP contribution in [0.4, 0.5) is 5.82 Å². The van der Waals surface area contributed by atoms with Gasteiger partial charge in [0.25, 0.3) is 5.91 Å². The summed E-state index contributed by atoms with van der Waals surface area (Å²) < 4.78 is 0. The topological polar surface area (TPSA) is 73.7 Å². The molecule has 0 unspecified atom stereocenters. The maximum absolute atomic E-state index is 12.4. The number of anilines is 1. The number of rotatable bonds is 3. The van der Waals surface area contributed by atoms with Gasteiger partial charge in [0.05, 0.1) is 5.92 Å². The average molecular weight is 277 g/mol. The van der Waals surface area contributed by atoms with Crippen molar-refractivity contribution in [3.8, 4) is 0 Å². The molecule has 2 heterocycles. The summed E-state index contributed by atoms with van der Waals surface area (Å²) in [6.07, 6.45) is 2.97. The fourth-order valence-corrected chi connectivity index (χ4v) is 2.34. The molecule has 0 aliphatic carbocycles. The van der Waals surface area contributed by atoms with Crippen LogP contribution in [-0.4, -0.2) is 54.1 Å². The summed E-state index contributed by atoms with van der Waals surface area (Å²) in [4.78, 5) is 31.1. The predicted octanol–water partition coefficient (Wildman–Crippen LogP) is 1.08. The zero-order valence-corrected chi connectivity index (χ0v) is 11.7. The Kier molecular flexibility index (Phi) is 4.22. The van der Waals surface area contributed by atoms with E-state index in [1.165, 1.54) is 0 Å². The molecule has 0 bridgehead atoms. The zero-order valence-electron chi connectivity index (χ0n) is 11.7. The van der Waals surface area contributed by atoms with E-state index >= 15 is 0 Å². The van der Waals surface area contributed by atoms with E-state index in [-0.39, 0.29) is 12.5 Å². The summed E-state index contributed by atoms with van der Waals surface area (Å²) >= 11 is 0. The number of piperidine rings is 1. The second kappa shape index (κ2) is 5.90. The van der Waals surface area contributed by atoms with Crippen molar-refractivity contribution in [2.45, 2.75) is 12.8 Å². The van der Waals surface area contributed by atoms with Gasteiger partial charge in [0, 0.05) is 38.9 Å². The molecule has 1 fully saturated rings. The van der Waals surface area contributed by atoms with Gasteiger partial charge in [0.2, 0.25) is 0 Å². The molecule has 0 spiro atoms. The van der Waals surface area contributed by atoms with Crippen LogP contribution in [0.5, 0.6) is 0 Å². The summed E-state index contributed by atoms with van der Waals surface area (Å²) in [6, 6.07) is 3.40. The zero-order chi connectivity index (χ0) is 14.7. The standard InChI is InChI=1S/C14H19N3O3/c1-16(2)12-8-10(5-6-15-12)13(18)17-7-3-4-11(9-17)14(19)20/h5-6,8,11H,3-4,7,9H2,1-2H3,(H,19,20)/t11-/m0/s1. The number of pyridine rings is 1. The quantitative estimate of drug-likeness (QED) is 0.895. The third-order valence-corrected chi connectivity index (χ3v) is 3.51. The lowest BCUT2D eigenvalue weighted by Gasteiger charge is -2.30. The van der Waals surface area contributed by atoms with Crippen molar-refractivity contribution in [2.75, 3.05) is 32.1 Å². The van der Waals surface area contributed by atoms with E-state index in [9.17, 15) is 9.59 Å². The second-order valence-electron chi connectivity index (χ2n) is 5.23. The van der Waals surface area contributed by atoms with Crippen molar-refractivity contribution in [2.24, 2.45) is 5.92 Å². The van der Waals surface area contributed by atoms with Crippen molar-refractivity contribution < 1.29 is 14.7 Å². The van der Waals surface area contributed by atoms with Gasteiger partial charge in [-0.2, -0.15) is 0 Å². The van der Waals surface area contributed by atoms with Gasteiger partial charge in [-0.15, -0.1) is 0 Å². The van der Waals surface area contributed by atoms with Gasteiger partial charge in [0.1, 0.15) is 5.82 Å². The van der Waals surface area contributed by atoms with Gasteiger partial charge >= 0.3 is 5.97 Å². The number of carbonyl (C=O) groups excluding carboxylic acids is 1. The van der Waals surface area contributed by atoms with Crippen LogP contribution in [0.3, 0.4) is 0 Å². The largest absolute Gasteiger partial charge is 0.481 e. The predicted molar refractivity (Wildman–Crippen MR) is 74.8 cm³/mol. The van der Waals surface area contributed by atoms with Crippen LogP contribution in [-0.2, 0) is 4.79 Å². The lowest BCUT2D eigenvalue weighted by Crippen LogP contribution is -2.42. The molecule has 1 amide bonds. The molecule has 2 rings (SSSR count). The van der Waals surface area contributed by atoms with E-state index in [4.69, 9.17) is 5.11 Å². The first-order valence-electron chi connectivity index (χ1n) is 6.64. The Labute approximate surface area is 118 Å². The first kappa shape index (κ1) is 14.3. The lowest BCUT2D eigenvalue weighted by atomic mass is 9.98. The Balaban J connectivity index is 2.14. The van der Waals surface area contributed by atoms with Crippen molar-refractivity contribution in [1.29, 1.82) is 0 Å². The number of amides is 1. The van der Waals surface area contributed by atoms with Crippen LogP contribution in [0.25, 0.3) is 0 Å². The molecule has 20 heavy (non-hydrogen) atoms. The number of aliphatic carboxylic acids is 1. The molecule has 1 saturated heterocycles. The second-order valence-corrected chi connectivity index (χ2v) is 5.23. The maximum Gasteiger partial charge on any atom is 0.308 e. The molecule has 6 heteroatoms. The number of aromatic nitrogens is 1. The van der Waals surface area contributed by atoms with Gasteiger partial charge in [-0.3, -0.25) is 9.59 Å². The highest BCUT2D eigenvalue weighted by Crippen LogP contribution is 2.19. The Morgan fingerprint density at radius 2 is 2.20 bits per heavy atom. The molecule has 6 nitrogen and oxygen atoms in total. The van der Waals surface area contributed by atoms with Crippen molar-refractivity contribution in [3.63, 3.8) is 0 Å². The molecule has 1 aliphatic heterocycles. The Morgan fingerprint density at radius 1 is 1.45 bits per heavy atom. The number of nitrogens with zero attached hydrogens (tertiary/aromatic N) is 3. The molecule has 0 saturated carbocycles. The van der Waals surface area contributed by atoms with Gasteiger partial charge in [-0.1, -0.05) is 0 Å². The van der Waals surface area contributed by atoms with E-state index in [2.05, 4.69) is 4.98 Å². The van der Waals surface area contributed by atoms with Crippen LogP contribution >= 0.6 is 0 Å². The number of hydrogen-bond donors (Lipinski definition) is 1. The number of likely N-dealkylation sites (tertiary alicyclic amines) is 1. The van der Waals surface area contributed by atoms with E-state index in [1.807, 2.05) is 19.0 Å². The highest BCUT2D eigenvalue weighted by atomic mass is 16.4. The van der Waals surface area contributed by atoms with Crippen LogP contribution in [0.1, 0.15) is 23.2 Å². The molecular weight excluding hydrogens is 258 g/mol. The first-order chi connectivity index (χ1) is 9.49. The van der Waals surface area contributed by atoms with Crippen LogP contribution < -0.4 is 4.90 Å². The first-order valence-corrected chi connectivity index (χ1v) is 6.64. The van der Waals surface area contributed by atoms with E-state index in [0.717, 1.165) is 6.42 Å². The Bertz CT molecular complexity index is 516. The van der Waals surface area contributed by atoms with Gasteiger partial charge in [0.15, 0.2) is 0 Å². The molecule has 1 aromatic rings. The molecule has 1 aliphatic rings. The Morgan fingerprint density at radius 3 is 2.85 bits per heavy atom. The monoisotopic (exact) mass is 277 g/mol. The average Bonchev–Trinajstić information content (AvgIpc) is 2.46. The minimum absolute atomic E-state index is 0.124. The molecule has 1 aromatic heterocycles. The van der Waals surface area contributed by atoms with Crippen LogP contribution in [0, 0.1) is 5.92 Å². The number of hydrogen-bond acceptors (Lipinski definition) is 4. The smallest absolute Gasteiger partial charge is 0.308 e. The Hall–Kier alpha value is -2.11. The highest BCUT2D eigenvalue weighted by Gasteiger charge is 2.28. The molecule has 0 radical (unpaired) electrons. The van der Waals surface area contributed by atoms with Crippen molar-refractivity contribution >= 4 is 17.7 Å². The molecular formula is C14H19N3O3. The summed E-state index contributed by atoms with van der Waals surface area (Å²) in [6.45, 7) is 0.899. The molecule has 1 N–H and O–H groups in total. The summed E-state index contributed by atoms with van der Waals surface area (Å²) in [5.41, 5.74) is 0.551. The maximum atomic E-state index is 12.4. The van der Waals surface area contributed by atoms with Crippen molar-refractivity contribution in [1.82, 2.24) is 9.88 Å².